The number of fused-ring (bicyclic) bond motifs is 2. The molecule has 1 aliphatic carbocycles. The van der Waals surface area contributed by atoms with Gasteiger partial charge in [0.15, 0.2) is 5.13 Å². The molecule has 0 unspecified atom stereocenters. The highest BCUT2D eigenvalue weighted by Gasteiger charge is 2.26. The van der Waals surface area contributed by atoms with E-state index in [0.29, 0.717) is 37.3 Å². The largest absolute Gasteiger partial charge is 0.419 e. The molecule has 1 aliphatic heterocycles. The molecule has 1 aromatic carbocycles. The Morgan fingerprint density at radius 3 is 2.88 bits per heavy atom. The fraction of sp³-hybridized carbons (Fsp3) is 0.364. The summed E-state index contributed by atoms with van der Waals surface area (Å²) in [7, 11) is 0. The Balaban J connectivity index is 1.11. The maximum atomic E-state index is 12.7. The number of amides is 1. The van der Waals surface area contributed by atoms with Gasteiger partial charge in [-0.1, -0.05) is 40.8 Å². The number of aromatic amines is 1. The fourth-order valence-electron chi connectivity index (χ4n) is 4.47. The number of hydrogen-bond acceptors (Lipinski definition) is 9. The van der Waals surface area contributed by atoms with Gasteiger partial charge in [-0.15, -0.1) is 15.3 Å². The van der Waals surface area contributed by atoms with Gasteiger partial charge < -0.3 is 14.6 Å². The molecule has 6 rings (SSSR count). The molecule has 11 heteroatoms. The number of nitrogens with one attached hydrogen (secondary N) is 2. The molecule has 0 spiro atoms. The second-order valence-electron chi connectivity index (χ2n) is 8.43. The zero-order valence-corrected chi connectivity index (χ0v) is 18.9. The van der Waals surface area contributed by atoms with Crippen LogP contribution < -0.4 is 5.32 Å². The molecular formula is C22H22N8O2S. The Hall–Kier alpha value is -3.60. The predicted octanol–water partition coefficient (Wildman–Crippen LogP) is 2.33. The van der Waals surface area contributed by atoms with Crippen molar-refractivity contribution in [3.05, 3.63) is 58.4 Å². The molecule has 0 fully saturated rings. The average Bonchev–Trinajstić information content (AvgIpc) is 3.59. The molecule has 0 saturated carbocycles. The number of aromatic nitrogens is 6. The van der Waals surface area contributed by atoms with Crippen LogP contribution in [0.5, 0.6) is 0 Å². The maximum Gasteiger partial charge on any atom is 0.259 e. The van der Waals surface area contributed by atoms with Gasteiger partial charge in [0.25, 0.3) is 5.89 Å². The van der Waals surface area contributed by atoms with Crippen molar-refractivity contribution in [2.24, 2.45) is 0 Å². The van der Waals surface area contributed by atoms with Crippen LogP contribution in [0.1, 0.15) is 34.1 Å². The molecule has 168 valence electrons. The summed E-state index contributed by atoms with van der Waals surface area (Å²) in [6.07, 6.45) is 2.75. The van der Waals surface area contributed by atoms with E-state index < -0.39 is 0 Å². The molecule has 0 bridgehead atoms. The minimum Gasteiger partial charge on any atom is -0.419 e. The summed E-state index contributed by atoms with van der Waals surface area (Å²) in [5.74, 6) is 0.630. The quantitative estimate of drug-likeness (QED) is 0.463. The number of thiazole rings is 1. The predicted molar refractivity (Wildman–Crippen MR) is 121 cm³/mol. The Kier molecular flexibility index (Phi) is 4.90. The summed E-state index contributed by atoms with van der Waals surface area (Å²) >= 11 is 1.50. The first-order chi connectivity index (χ1) is 16.1. The topological polar surface area (TPSA) is 126 Å². The smallest absolute Gasteiger partial charge is 0.259 e. The Labute approximate surface area is 193 Å². The molecule has 10 nitrogen and oxygen atoms in total. The van der Waals surface area contributed by atoms with Crippen LogP contribution >= 0.6 is 11.3 Å². The van der Waals surface area contributed by atoms with E-state index in [9.17, 15) is 4.79 Å². The zero-order valence-electron chi connectivity index (χ0n) is 18.0. The first-order valence-electron chi connectivity index (χ1n) is 10.9. The molecular weight excluding hydrogens is 440 g/mol. The first-order valence-corrected chi connectivity index (χ1v) is 11.7. The van der Waals surface area contributed by atoms with Crippen LogP contribution in [0.25, 0.3) is 10.8 Å². The normalized spacial score (nSPS) is 15.5. The van der Waals surface area contributed by atoms with Gasteiger partial charge in [-0.05, 0) is 30.9 Å². The first kappa shape index (κ1) is 20.0. The van der Waals surface area contributed by atoms with Crippen molar-refractivity contribution in [2.45, 2.75) is 45.2 Å². The van der Waals surface area contributed by atoms with E-state index in [1.165, 1.54) is 22.5 Å². The standard InChI is InChI=1S/C22H22N8O2S/c1-12-20(33-22(23-12)24-15-8-13-4-2-3-5-14(13)9-15)21-28-27-18(32-21)10-19(31)30-7-6-16-17(11-30)26-29-25-16/h2-5,15H,6-11H2,1H3,(H,23,24)(H,25,26,29). The van der Waals surface area contributed by atoms with Crippen LogP contribution in [0.3, 0.4) is 0 Å². The second-order valence-corrected chi connectivity index (χ2v) is 9.43. The second kappa shape index (κ2) is 8.07. The molecule has 4 aromatic rings. The van der Waals surface area contributed by atoms with Gasteiger partial charge in [0.05, 0.1) is 17.9 Å². The molecule has 33 heavy (non-hydrogen) atoms. The number of anilines is 1. The van der Waals surface area contributed by atoms with Gasteiger partial charge in [0.1, 0.15) is 17.0 Å². The van der Waals surface area contributed by atoms with Gasteiger partial charge in [-0.25, -0.2) is 4.98 Å². The Morgan fingerprint density at radius 2 is 2.06 bits per heavy atom. The van der Waals surface area contributed by atoms with Gasteiger partial charge in [0.2, 0.25) is 11.8 Å². The van der Waals surface area contributed by atoms with Crippen molar-refractivity contribution in [1.82, 2.24) is 35.5 Å². The third-order valence-corrected chi connectivity index (χ3v) is 7.24. The minimum absolute atomic E-state index is 0.0590. The molecule has 4 heterocycles. The number of nitrogens with zero attached hydrogens (tertiary/aromatic N) is 6. The number of carbonyl (C=O) groups excluding carboxylic acids is 1. The summed E-state index contributed by atoms with van der Waals surface area (Å²) in [6, 6.07) is 8.87. The molecule has 3 aromatic heterocycles. The van der Waals surface area contributed by atoms with Gasteiger partial charge >= 0.3 is 0 Å². The maximum absolute atomic E-state index is 12.7. The highest BCUT2D eigenvalue weighted by atomic mass is 32.1. The van der Waals surface area contributed by atoms with Crippen molar-refractivity contribution in [3.8, 4) is 10.8 Å². The number of carbonyl (C=O) groups is 1. The lowest BCUT2D eigenvalue weighted by Crippen LogP contribution is -2.37. The summed E-state index contributed by atoms with van der Waals surface area (Å²) in [4.78, 5) is 20.0. The van der Waals surface area contributed by atoms with E-state index >= 15 is 0 Å². The number of H-pyrrole nitrogens is 1. The van der Waals surface area contributed by atoms with E-state index in [-0.39, 0.29) is 12.3 Å². The molecule has 2 N–H and O–H groups in total. The highest BCUT2D eigenvalue weighted by Crippen LogP contribution is 2.34. The monoisotopic (exact) mass is 462 g/mol. The molecule has 0 radical (unpaired) electrons. The zero-order chi connectivity index (χ0) is 22.4. The van der Waals surface area contributed by atoms with Crippen molar-refractivity contribution in [1.29, 1.82) is 0 Å². The van der Waals surface area contributed by atoms with Crippen molar-refractivity contribution in [3.63, 3.8) is 0 Å². The lowest BCUT2D eigenvalue weighted by Gasteiger charge is -2.25. The van der Waals surface area contributed by atoms with Crippen molar-refractivity contribution >= 4 is 22.4 Å². The highest BCUT2D eigenvalue weighted by molar-refractivity contribution is 7.19. The van der Waals surface area contributed by atoms with Crippen molar-refractivity contribution in [2.75, 3.05) is 11.9 Å². The van der Waals surface area contributed by atoms with Crippen LogP contribution in [-0.4, -0.2) is 54.0 Å². The van der Waals surface area contributed by atoms with E-state index in [4.69, 9.17) is 4.42 Å². The van der Waals surface area contributed by atoms with E-state index in [1.54, 1.807) is 4.90 Å². The summed E-state index contributed by atoms with van der Waals surface area (Å²) in [5, 5.41) is 23.4. The van der Waals surface area contributed by atoms with E-state index in [1.807, 2.05) is 6.92 Å². The van der Waals surface area contributed by atoms with Gasteiger partial charge in [0, 0.05) is 19.0 Å². The molecule has 0 atom stereocenters. The third kappa shape index (κ3) is 3.88. The average molecular weight is 463 g/mol. The van der Waals surface area contributed by atoms with Crippen LogP contribution in [0.2, 0.25) is 0 Å². The summed E-state index contributed by atoms with van der Waals surface area (Å²) < 4.78 is 5.84. The number of benzene rings is 1. The molecule has 0 saturated heterocycles. The lowest BCUT2D eigenvalue weighted by molar-refractivity contribution is -0.131. The number of hydrogen-bond donors (Lipinski definition) is 2. The minimum atomic E-state index is -0.0666. The van der Waals surface area contributed by atoms with Crippen LogP contribution in [-0.2, 0) is 37.0 Å². The summed E-state index contributed by atoms with van der Waals surface area (Å²) in [6.45, 7) is 2.99. The summed E-state index contributed by atoms with van der Waals surface area (Å²) in [5.41, 5.74) is 5.41. The number of rotatable bonds is 5. The van der Waals surface area contributed by atoms with E-state index in [2.05, 4.69) is 60.2 Å². The van der Waals surface area contributed by atoms with Gasteiger partial charge in [-0.2, -0.15) is 0 Å². The van der Waals surface area contributed by atoms with Gasteiger partial charge in [-0.3, -0.25) is 9.89 Å². The molecule has 2 aliphatic rings. The third-order valence-electron chi connectivity index (χ3n) is 6.17. The fourth-order valence-corrected chi connectivity index (χ4v) is 5.43. The lowest BCUT2D eigenvalue weighted by atomic mass is 10.1. The van der Waals surface area contributed by atoms with Crippen LogP contribution in [0.4, 0.5) is 5.13 Å². The number of aryl methyl sites for hydroxylation is 1. The molecule has 1 amide bonds. The van der Waals surface area contributed by atoms with E-state index in [0.717, 1.165) is 39.9 Å². The SMILES string of the molecule is Cc1nc(NC2Cc3ccccc3C2)sc1-c1nnc(CC(=O)N2CCc3[nH]nnc3C2)o1. The van der Waals surface area contributed by atoms with Crippen molar-refractivity contribution < 1.29 is 9.21 Å². The Morgan fingerprint density at radius 1 is 1.24 bits per heavy atom. The van der Waals surface area contributed by atoms with Crippen LogP contribution in [0, 0.1) is 6.92 Å². The Bertz CT molecular complexity index is 1300. The van der Waals surface area contributed by atoms with Crippen LogP contribution in [0.15, 0.2) is 28.7 Å².